The third-order valence-electron chi connectivity index (χ3n) is 7.37. The molecule has 0 unspecified atom stereocenters. The topological polar surface area (TPSA) is 91.4 Å². The standard InChI is InChI=1S/C28H33N5O3S/c1-28(2)25(30-31(3)27(34)37-28)21-13-16-24-20(18-21)8-7-17-32(24)26(29-22-9-5-4-6-10-22)19-11-14-23(15-12-19)33(35)36/h11-16,18,22H,4-10,17H2,1-3H3/b29-26-. The summed E-state index contributed by atoms with van der Waals surface area (Å²) >= 11 is 1.30. The van der Waals surface area contributed by atoms with Crippen molar-refractivity contribution in [2.75, 3.05) is 18.5 Å². The molecule has 9 heteroatoms. The molecule has 1 fully saturated rings. The van der Waals surface area contributed by atoms with E-state index in [1.54, 1.807) is 19.2 Å². The van der Waals surface area contributed by atoms with Crippen LogP contribution in [0.4, 0.5) is 16.2 Å². The van der Waals surface area contributed by atoms with Gasteiger partial charge in [-0.1, -0.05) is 37.1 Å². The molecule has 2 aromatic carbocycles. The predicted molar refractivity (Wildman–Crippen MR) is 150 cm³/mol. The summed E-state index contributed by atoms with van der Waals surface area (Å²) in [5.41, 5.74) is 5.26. The molecule has 5 rings (SSSR count). The number of nitro benzene ring substituents is 1. The number of anilines is 1. The van der Waals surface area contributed by atoms with Crippen LogP contribution in [0.2, 0.25) is 0 Å². The molecule has 0 radical (unpaired) electrons. The van der Waals surface area contributed by atoms with Crippen LogP contribution in [0.25, 0.3) is 0 Å². The van der Waals surface area contributed by atoms with Crippen LogP contribution < -0.4 is 4.90 Å². The monoisotopic (exact) mass is 519 g/mol. The maximum absolute atomic E-state index is 12.2. The maximum Gasteiger partial charge on any atom is 0.302 e. The molecule has 0 spiro atoms. The number of aliphatic imine (C=N–C) groups is 1. The minimum atomic E-state index is -0.418. The quantitative estimate of drug-likeness (QED) is 0.201. The van der Waals surface area contributed by atoms with Gasteiger partial charge in [0.05, 0.1) is 21.4 Å². The van der Waals surface area contributed by atoms with Gasteiger partial charge in [0, 0.05) is 37.0 Å². The van der Waals surface area contributed by atoms with Gasteiger partial charge in [0.15, 0.2) is 0 Å². The molecule has 1 saturated carbocycles. The van der Waals surface area contributed by atoms with Crippen LogP contribution in [0, 0.1) is 10.1 Å². The zero-order valence-corrected chi connectivity index (χ0v) is 22.5. The van der Waals surface area contributed by atoms with Gasteiger partial charge in [0.2, 0.25) is 0 Å². The van der Waals surface area contributed by atoms with Crippen molar-refractivity contribution in [1.29, 1.82) is 0 Å². The molecule has 2 aliphatic heterocycles. The third kappa shape index (κ3) is 5.28. The van der Waals surface area contributed by atoms with Crippen LogP contribution in [0.1, 0.15) is 69.1 Å². The molecule has 37 heavy (non-hydrogen) atoms. The van der Waals surface area contributed by atoms with Crippen molar-refractivity contribution >= 4 is 39.9 Å². The highest BCUT2D eigenvalue weighted by Crippen LogP contribution is 2.37. The van der Waals surface area contributed by atoms with E-state index in [0.717, 1.165) is 60.6 Å². The highest BCUT2D eigenvalue weighted by Gasteiger charge is 2.37. The molecule has 1 aliphatic carbocycles. The largest absolute Gasteiger partial charge is 0.326 e. The molecular weight excluding hydrogens is 486 g/mol. The fraction of sp³-hybridized carbons (Fsp3) is 0.464. The lowest BCUT2D eigenvalue weighted by Gasteiger charge is -2.35. The van der Waals surface area contributed by atoms with Crippen molar-refractivity contribution < 1.29 is 9.72 Å². The molecule has 2 heterocycles. The van der Waals surface area contributed by atoms with Gasteiger partial charge in [-0.25, -0.2) is 5.01 Å². The Morgan fingerprint density at radius 3 is 2.54 bits per heavy atom. The Hall–Kier alpha value is -3.20. The van der Waals surface area contributed by atoms with Crippen LogP contribution >= 0.6 is 11.8 Å². The van der Waals surface area contributed by atoms with Gasteiger partial charge in [0.1, 0.15) is 5.84 Å². The van der Waals surface area contributed by atoms with E-state index in [1.165, 1.54) is 41.6 Å². The summed E-state index contributed by atoms with van der Waals surface area (Å²) in [5.74, 6) is 0.895. The summed E-state index contributed by atoms with van der Waals surface area (Å²) in [6.07, 6.45) is 7.72. The van der Waals surface area contributed by atoms with Crippen LogP contribution in [0.5, 0.6) is 0 Å². The van der Waals surface area contributed by atoms with Crippen LogP contribution in [0.15, 0.2) is 52.6 Å². The van der Waals surface area contributed by atoms with Crippen molar-refractivity contribution in [3.8, 4) is 0 Å². The molecule has 8 nitrogen and oxygen atoms in total. The molecular formula is C28H33N5O3S. The van der Waals surface area contributed by atoms with Gasteiger partial charge in [-0.3, -0.25) is 19.9 Å². The van der Waals surface area contributed by atoms with Gasteiger partial charge in [-0.05, 0) is 74.9 Å². The lowest BCUT2D eigenvalue weighted by molar-refractivity contribution is -0.384. The van der Waals surface area contributed by atoms with Gasteiger partial charge in [0.25, 0.3) is 5.69 Å². The van der Waals surface area contributed by atoms with Crippen LogP contribution in [-0.4, -0.2) is 51.1 Å². The Bertz CT molecular complexity index is 1270. The SMILES string of the molecule is CN1N=C(c2ccc3c(c2)CCCN3/C(=N\C2CCCCC2)c2ccc([N+](=O)[O-])cc2)C(C)(C)SC1=O. The molecule has 0 saturated heterocycles. The van der Waals surface area contributed by atoms with Gasteiger partial charge < -0.3 is 4.90 Å². The molecule has 2 aromatic rings. The number of carbonyl (C=O) groups excluding carboxylic acids is 1. The summed E-state index contributed by atoms with van der Waals surface area (Å²) in [6.45, 7) is 4.92. The van der Waals surface area contributed by atoms with Crippen LogP contribution in [0.3, 0.4) is 0 Å². The van der Waals surface area contributed by atoms with Gasteiger partial charge >= 0.3 is 5.24 Å². The molecule has 194 valence electrons. The zero-order valence-electron chi connectivity index (χ0n) is 21.6. The molecule has 3 aliphatic rings. The summed E-state index contributed by atoms with van der Waals surface area (Å²) in [6, 6.07) is 13.5. The smallest absolute Gasteiger partial charge is 0.302 e. The maximum atomic E-state index is 12.2. The highest BCUT2D eigenvalue weighted by molar-refractivity contribution is 8.15. The van der Waals surface area contributed by atoms with Crippen molar-refractivity contribution in [3.63, 3.8) is 0 Å². The molecule has 0 atom stereocenters. The van der Waals surface area contributed by atoms with E-state index in [0.29, 0.717) is 0 Å². The number of non-ortho nitro benzene ring substituents is 1. The number of aryl methyl sites for hydroxylation is 1. The fourth-order valence-electron chi connectivity index (χ4n) is 5.43. The number of nitro groups is 1. The van der Waals surface area contributed by atoms with E-state index in [4.69, 9.17) is 4.99 Å². The molecule has 0 bridgehead atoms. The first-order chi connectivity index (χ1) is 17.7. The average molecular weight is 520 g/mol. The second kappa shape index (κ2) is 10.3. The number of rotatable bonds is 4. The average Bonchev–Trinajstić information content (AvgIpc) is 2.89. The Morgan fingerprint density at radius 2 is 1.84 bits per heavy atom. The lowest BCUT2D eigenvalue weighted by Crippen LogP contribution is -2.40. The number of hydrazone groups is 1. The Balaban J connectivity index is 1.54. The Kier molecular flexibility index (Phi) is 7.07. The number of amides is 1. The van der Waals surface area contributed by atoms with E-state index < -0.39 is 4.75 Å². The fourth-order valence-corrected chi connectivity index (χ4v) is 6.29. The van der Waals surface area contributed by atoms with Crippen molar-refractivity contribution in [2.45, 2.75) is 69.6 Å². The third-order valence-corrected chi connectivity index (χ3v) is 8.51. The normalized spacial score (nSPS) is 20.5. The number of fused-ring (bicyclic) bond motifs is 1. The number of thioether (sulfide) groups is 1. The van der Waals surface area contributed by atoms with E-state index in [9.17, 15) is 14.9 Å². The van der Waals surface area contributed by atoms with E-state index >= 15 is 0 Å². The number of benzene rings is 2. The summed E-state index contributed by atoms with van der Waals surface area (Å²) in [5, 5.41) is 17.2. The second-order valence-electron chi connectivity index (χ2n) is 10.5. The summed E-state index contributed by atoms with van der Waals surface area (Å²) < 4.78 is -0.418. The number of hydrogen-bond acceptors (Lipinski definition) is 6. The predicted octanol–water partition coefficient (Wildman–Crippen LogP) is 6.41. The molecule has 0 N–H and O–H groups in total. The lowest BCUT2D eigenvalue weighted by atomic mass is 9.92. The Labute approximate surface area is 222 Å². The van der Waals surface area contributed by atoms with Crippen LogP contribution in [-0.2, 0) is 6.42 Å². The summed E-state index contributed by atoms with van der Waals surface area (Å²) in [4.78, 5) is 30.6. The summed E-state index contributed by atoms with van der Waals surface area (Å²) in [7, 11) is 1.70. The van der Waals surface area contributed by atoms with Gasteiger partial charge in [-0.2, -0.15) is 5.10 Å². The first kappa shape index (κ1) is 25.4. The van der Waals surface area contributed by atoms with Crippen molar-refractivity contribution in [3.05, 3.63) is 69.3 Å². The number of carbonyl (C=O) groups is 1. The van der Waals surface area contributed by atoms with E-state index in [2.05, 4.69) is 28.2 Å². The van der Waals surface area contributed by atoms with E-state index in [-0.39, 0.29) is 21.9 Å². The molecule has 0 aromatic heterocycles. The second-order valence-corrected chi connectivity index (χ2v) is 12.1. The van der Waals surface area contributed by atoms with Gasteiger partial charge in [-0.15, -0.1) is 0 Å². The minimum absolute atomic E-state index is 0.0513. The highest BCUT2D eigenvalue weighted by atomic mass is 32.2. The van der Waals surface area contributed by atoms with Crippen molar-refractivity contribution in [2.24, 2.45) is 10.1 Å². The Morgan fingerprint density at radius 1 is 1.11 bits per heavy atom. The van der Waals surface area contributed by atoms with Crippen molar-refractivity contribution in [1.82, 2.24) is 5.01 Å². The zero-order chi connectivity index (χ0) is 26.2. The number of amidine groups is 1. The van der Waals surface area contributed by atoms with E-state index in [1.807, 2.05) is 26.0 Å². The molecule has 1 amide bonds. The minimum Gasteiger partial charge on any atom is -0.326 e. The number of hydrogen-bond donors (Lipinski definition) is 0. The number of nitrogens with zero attached hydrogens (tertiary/aromatic N) is 5. The first-order valence-electron chi connectivity index (χ1n) is 13.0. The first-order valence-corrected chi connectivity index (χ1v) is 13.8.